The molecule has 0 spiro atoms. The van der Waals surface area contributed by atoms with E-state index in [1.54, 1.807) is 29.3 Å². The third-order valence-corrected chi connectivity index (χ3v) is 8.94. The zero-order valence-corrected chi connectivity index (χ0v) is 27.1. The lowest BCUT2D eigenvalue weighted by Crippen LogP contribution is -2.48. The van der Waals surface area contributed by atoms with Crippen molar-refractivity contribution in [1.29, 1.82) is 0 Å². The van der Waals surface area contributed by atoms with E-state index in [0.717, 1.165) is 16.8 Å². The van der Waals surface area contributed by atoms with Crippen LogP contribution in [0.3, 0.4) is 0 Å². The van der Waals surface area contributed by atoms with Gasteiger partial charge in [0.2, 0.25) is 0 Å². The number of ether oxygens (including phenoxy) is 1. The Labute approximate surface area is 277 Å². The molecule has 2 aliphatic heterocycles. The Morgan fingerprint density at radius 3 is 2.58 bits per heavy atom. The summed E-state index contributed by atoms with van der Waals surface area (Å²) in [4.78, 5) is 33.0. The number of aromatic nitrogens is 2. The summed E-state index contributed by atoms with van der Waals surface area (Å²) in [5.41, 5.74) is 9.48. The van der Waals surface area contributed by atoms with Gasteiger partial charge in [0.15, 0.2) is 5.65 Å². The number of halogens is 1. The van der Waals surface area contributed by atoms with Crippen molar-refractivity contribution < 1.29 is 23.8 Å². The molecule has 2 amide bonds. The number of hydrogen-bond donors (Lipinski definition) is 3. The Hall–Kier alpha value is -5.10. The quantitative estimate of drug-likeness (QED) is 0.213. The molecule has 0 bridgehead atoms. The molecule has 0 saturated carbocycles. The maximum Gasteiger partial charge on any atom is 0.275 e. The van der Waals surface area contributed by atoms with E-state index < -0.39 is 11.7 Å². The monoisotopic (exact) mass is 648 g/mol. The highest BCUT2D eigenvalue weighted by Gasteiger charge is 2.32. The fourth-order valence-corrected chi connectivity index (χ4v) is 6.31. The summed E-state index contributed by atoms with van der Waals surface area (Å²) in [5.74, 6) is -1.11. The molecule has 4 heterocycles. The summed E-state index contributed by atoms with van der Waals surface area (Å²) < 4.78 is 22.7. The van der Waals surface area contributed by atoms with Crippen LogP contribution in [0.25, 0.3) is 16.8 Å². The van der Waals surface area contributed by atoms with Gasteiger partial charge in [-0.15, -0.1) is 0 Å². The molecule has 0 atom stereocenters. The van der Waals surface area contributed by atoms with Crippen molar-refractivity contribution in [2.24, 2.45) is 0 Å². The van der Waals surface area contributed by atoms with Gasteiger partial charge in [-0.25, -0.2) is 19.8 Å². The number of rotatable bonds is 6. The van der Waals surface area contributed by atoms with Crippen LogP contribution < -0.4 is 15.8 Å². The number of nitrogens with zero attached hydrogens (tertiary/aromatic N) is 4. The standard InChI is InChI=1S/C37H37FN6O4/c1-37(2,3)26-17-24-20-40-44(36(47)33(24)30(38)19-26)32-6-4-5-28(29(32)22-45)25-18-31(34-39-11-12-43(34)21-25)41-27-9-7-23(8-10-27)35(46)42-13-15-48-16-14-42/h4-12,17-19,21,40-41,45H,13-16,20,22H2,1-3H3. The van der Waals surface area contributed by atoms with E-state index >= 15 is 4.39 Å². The molecule has 246 valence electrons. The number of benzene rings is 3. The average molecular weight is 649 g/mol. The van der Waals surface area contributed by atoms with Crippen molar-refractivity contribution in [3.63, 3.8) is 0 Å². The van der Waals surface area contributed by atoms with E-state index in [4.69, 9.17) is 4.74 Å². The lowest BCUT2D eigenvalue weighted by Gasteiger charge is -2.32. The Morgan fingerprint density at radius 1 is 1.08 bits per heavy atom. The molecule has 3 N–H and O–H groups in total. The van der Waals surface area contributed by atoms with Gasteiger partial charge in [-0.2, -0.15) is 0 Å². The van der Waals surface area contributed by atoms with Crippen LogP contribution in [0.15, 0.2) is 79.3 Å². The van der Waals surface area contributed by atoms with Crippen molar-refractivity contribution in [3.05, 3.63) is 113 Å². The van der Waals surface area contributed by atoms with Crippen molar-refractivity contribution in [1.82, 2.24) is 19.7 Å². The minimum atomic E-state index is -0.560. The number of imidazole rings is 1. The van der Waals surface area contributed by atoms with Crippen LogP contribution in [0.1, 0.15) is 58.2 Å². The van der Waals surface area contributed by atoms with Crippen LogP contribution in [-0.4, -0.2) is 57.5 Å². The number of morpholine rings is 1. The molecule has 7 rings (SSSR count). The summed E-state index contributed by atoms with van der Waals surface area (Å²) in [7, 11) is 0. The van der Waals surface area contributed by atoms with Crippen LogP contribution in [-0.2, 0) is 23.3 Å². The third kappa shape index (κ3) is 5.81. The molecule has 48 heavy (non-hydrogen) atoms. The normalized spacial score (nSPS) is 15.1. The fraction of sp³-hybridized carbons (Fsp3) is 0.270. The second-order valence-electron chi connectivity index (χ2n) is 13.1. The van der Waals surface area contributed by atoms with Gasteiger partial charge in [0.1, 0.15) is 5.82 Å². The molecule has 11 heteroatoms. The van der Waals surface area contributed by atoms with Crippen molar-refractivity contribution in [2.75, 3.05) is 36.6 Å². The molecular formula is C37H37FN6O4. The van der Waals surface area contributed by atoms with E-state index in [-0.39, 0.29) is 30.0 Å². The molecule has 0 aliphatic carbocycles. The smallest absolute Gasteiger partial charge is 0.275 e. The predicted molar refractivity (Wildman–Crippen MR) is 182 cm³/mol. The highest BCUT2D eigenvalue weighted by Crippen LogP contribution is 2.37. The number of pyridine rings is 1. The predicted octanol–water partition coefficient (Wildman–Crippen LogP) is 5.81. The zero-order chi connectivity index (χ0) is 33.6. The van der Waals surface area contributed by atoms with E-state index in [0.29, 0.717) is 65.6 Å². The molecule has 0 radical (unpaired) electrons. The van der Waals surface area contributed by atoms with Crippen LogP contribution >= 0.6 is 0 Å². The van der Waals surface area contributed by atoms with Crippen LogP contribution in [0.2, 0.25) is 0 Å². The van der Waals surface area contributed by atoms with Gasteiger partial charge in [-0.1, -0.05) is 39.0 Å². The largest absolute Gasteiger partial charge is 0.392 e. The van der Waals surface area contributed by atoms with Gasteiger partial charge in [0.25, 0.3) is 11.8 Å². The molecule has 0 unspecified atom stereocenters. The number of hydrogen-bond acceptors (Lipinski definition) is 7. The molecule has 10 nitrogen and oxygen atoms in total. The van der Waals surface area contributed by atoms with Gasteiger partial charge >= 0.3 is 0 Å². The van der Waals surface area contributed by atoms with Crippen LogP contribution in [0.4, 0.5) is 21.5 Å². The number of amides is 2. The first kappa shape index (κ1) is 31.5. The Morgan fingerprint density at radius 2 is 1.85 bits per heavy atom. The number of hydrazine groups is 1. The molecule has 5 aromatic rings. The molecule has 3 aromatic carbocycles. The summed E-state index contributed by atoms with van der Waals surface area (Å²) in [6.45, 7) is 8.14. The fourth-order valence-electron chi connectivity index (χ4n) is 6.31. The molecular weight excluding hydrogens is 611 g/mol. The highest BCUT2D eigenvalue weighted by atomic mass is 19.1. The lowest BCUT2D eigenvalue weighted by molar-refractivity contribution is 0.0303. The topological polar surface area (TPSA) is 111 Å². The second kappa shape index (κ2) is 12.5. The second-order valence-corrected chi connectivity index (χ2v) is 13.1. The first-order valence-corrected chi connectivity index (χ1v) is 16.0. The number of nitrogens with one attached hydrogen (secondary N) is 2. The molecule has 2 aromatic heterocycles. The summed E-state index contributed by atoms with van der Waals surface area (Å²) in [6.07, 6.45) is 5.44. The van der Waals surface area contributed by atoms with Crippen molar-refractivity contribution in [2.45, 2.75) is 39.3 Å². The third-order valence-electron chi connectivity index (χ3n) is 8.94. The first-order chi connectivity index (χ1) is 23.1. The molecule has 1 fully saturated rings. The summed E-state index contributed by atoms with van der Waals surface area (Å²) >= 11 is 0. The average Bonchev–Trinajstić information content (AvgIpc) is 3.57. The van der Waals surface area contributed by atoms with Gasteiger partial charge < -0.3 is 24.5 Å². The van der Waals surface area contributed by atoms with E-state index in [1.165, 1.54) is 11.1 Å². The van der Waals surface area contributed by atoms with Gasteiger partial charge in [-0.05, 0) is 64.6 Å². The number of fused-ring (bicyclic) bond motifs is 2. The SMILES string of the molecule is CC(C)(C)c1cc(F)c2c(c1)CNN(c1cccc(-c3cc(Nc4ccc(C(=O)N5CCOCC5)cc4)c4nccn4c3)c1CO)C2=O. The number of aliphatic hydroxyl groups excluding tert-OH is 1. The number of carbonyl (C=O) groups is 2. The maximum atomic E-state index is 15.5. The van der Waals surface area contributed by atoms with Gasteiger partial charge in [0.05, 0.1) is 36.8 Å². The number of aliphatic hydroxyl groups is 1. The zero-order valence-electron chi connectivity index (χ0n) is 27.1. The molecule has 1 saturated heterocycles. The van der Waals surface area contributed by atoms with E-state index in [2.05, 4.69) is 15.7 Å². The maximum absolute atomic E-state index is 15.5. The van der Waals surface area contributed by atoms with Crippen LogP contribution in [0.5, 0.6) is 0 Å². The van der Waals surface area contributed by atoms with E-state index in [1.807, 2.05) is 74.0 Å². The Kier molecular flexibility index (Phi) is 8.20. The molecule has 2 aliphatic rings. The van der Waals surface area contributed by atoms with Crippen molar-refractivity contribution >= 4 is 34.5 Å². The highest BCUT2D eigenvalue weighted by molar-refractivity contribution is 6.08. The Balaban J connectivity index is 1.20. The van der Waals surface area contributed by atoms with E-state index in [9.17, 15) is 14.7 Å². The van der Waals surface area contributed by atoms with Gasteiger partial charge in [-0.3, -0.25) is 9.59 Å². The summed E-state index contributed by atoms with van der Waals surface area (Å²) in [6, 6.07) is 18.0. The minimum Gasteiger partial charge on any atom is -0.392 e. The minimum absolute atomic E-state index is 0.0264. The lowest BCUT2D eigenvalue weighted by atomic mass is 9.84. The summed E-state index contributed by atoms with van der Waals surface area (Å²) in [5, 5.41) is 15.4. The van der Waals surface area contributed by atoms with Gasteiger partial charge in [0, 0.05) is 60.6 Å². The Bertz CT molecular complexity index is 2030. The van der Waals surface area contributed by atoms with Crippen LogP contribution in [0, 0.1) is 5.82 Å². The number of anilines is 3. The number of carbonyl (C=O) groups excluding carboxylic acids is 2. The van der Waals surface area contributed by atoms with Crippen molar-refractivity contribution in [3.8, 4) is 11.1 Å². The first-order valence-electron chi connectivity index (χ1n) is 16.0.